The number of likely N-dealkylation sites (tertiary alicyclic amines) is 2. The molecule has 2 saturated heterocycles. The van der Waals surface area contributed by atoms with Crippen molar-refractivity contribution in [2.24, 2.45) is 5.92 Å². The van der Waals surface area contributed by atoms with E-state index in [1.807, 2.05) is 24.3 Å². The van der Waals surface area contributed by atoms with Gasteiger partial charge >= 0.3 is 0 Å². The first-order valence-electron chi connectivity index (χ1n) is 9.37. The van der Waals surface area contributed by atoms with Crippen LogP contribution in [0.3, 0.4) is 0 Å². The third-order valence-electron chi connectivity index (χ3n) is 5.57. The van der Waals surface area contributed by atoms with Crippen LogP contribution in [0.15, 0.2) is 24.3 Å². The minimum Gasteiger partial charge on any atom is -0.497 e. The molecule has 0 aromatic heterocycles. The smallest absolute Gasteiger partial charge is 0.256 e. The molecular formula is C20H30N2O3. The van der Waals surface area contributed by atoms with E-state index >= 15 is 0 Å². The molecule has 1 aromatic rings. The molecule has 3 rings (SSSR count). The molecule has 2 fully saturated rings. The summed E-state index contributed by atoms with van der Waals surface area (Å²) in [6, 6.07) is 7.78. The van der Waals surface area contributed by atoms with Crippen LogP contribution in [0.25, 0.3) is 0 Å². The van der Waals surface area contributed by atoms with Crippen LogP contribution >= 0.6 is 0 Å². The molecule has 5 heteroatoms. The van der Waals surface area contributed by atoms with E-state index in [-0.39, 0.29) is 5.91 Å². The monoisotopic (exact) mass is 346 g/mol. The molecule has 1 N–H and O–H groups in total. The van der Waals surface area contributed by atoms with Crippen molar-refractivity contribution in [2.45, 2.75) is 44.8 Å². The molecule has 0 aliphatic carbocycles. The maximum absolute atomic E-state index is 13.0. The predicted octanol–water partition coefficient (Wildman–Crippen LogP) is 2.28. The number of benzene rings is 1. The zero-order valence-corrected chi connectivity index (χ0v) is 15.4. The SMILES string of the molecule is COc1cccc(CN2CCC[C@](O)(CN3CCC(C)CC3)C2=O)c1. The third kappa shape index (κ3) is 4.33. The van der Waals surface area contributed by atoms with Gasteiger partial charge in [0.1, 0.15) is 5.75 Å². The summed E-state index contributed by atoms with van der Waals surface area (Å²) in [6.07, 6.45) is 3.71. The Morgan fingerprint density at radius 3 is 2.76 bits per heavy atom. The van der Waals surface area contributed by atoms with Crippen LogP contribution in [0.4, 0.5) is 0 Å². The second kappa shape index (κ2) is 7.75. The number of β-amino-alcohol motifs (C(OH)–C–C–N with tert-alkyl or cyclic N) is 1. The number of piperidine rings is 2. The lowest BCUT2D eigenvalue weighted by Gasteiger charge is -2.42. The van der Waals surface area contributed by atoms with Gasteiger partial charge in [0.15, 0.2) is 5.60 Å². The highest BCUT2D eigenvalue weighted by atomic mass is 16.5. The molecule has 2 heterocycles. The van der Waals surface area contributed by atoms with Crippen molar-refractivity contribution in [1.29, 1.82) is 0 Å². The van der Waals surface area contributed by atoms with Gasteiger partial charge in [-0.25, -0.2) is 0 Å². The van der Waals surface area contributed by atoms with Crippen molar-refractivity contribution >= 4 is 5.91 Å². The van der Waals surface area contributed by atoms with Gasteiger partial charge in [-0.15, -0.1) is 0 Å². The van der Waals surface area contributed by atoms with Crippen LogP contribution in [0, 0.1) is 5.92 Å². The van der Waals surface area contributed by atoms with Gasteiger partial charge in [0.05, 0.1) is 7.11 Å². The van der Waals surface area contributed by atoms with Gasteiger partial charge in [0, 0.05) is 19.6 Å². The van der Waals surface area contributed by atoms with Crippen molar-refractivity contribution in [3.8, 4) is 5.75 Å². The lowest BCUT2D eigenvalue weighted by atomic mass is 9.89. The van der Waals surface area contributed by atoms with Gasteiger partial charge in [0.2, 0.25) is 0 Å². The number of rotatable bonds is 5. The van der Waals surface area contributed by atoms with Gasteiger partial charge in [-0.3, -0.25) is 9.69 Å². The van der Waals surface area contributed by atoms with Gasteiger partial charge in [-0.1, -0.05) is 19.1 Å². The van der Waals surface area contributed by atoms with Crippen LogP contribution in [0.2, 0.25) is 0 Å². The zero-order chi connectivity index (χ0) is 17.9. The van der Waals surface area contributed by atoms with E-state index in [1.165, 1.54) is 0 Å². The first kappa shape index (κ1) is 18.2. The van der Waals surface area contributed by atoms with Gasteiger partial charge in [-0.05, 0) is 62.4 Å². The summed E-state index contributed by atoms with van der Waals surface area (Å²) in [5, 5.41) is 11.0. The molecular weight excluding hydrogens is 316 g/mol. The highest BCUT2D eigenvalue weighted by molar-refractivity contribution is 5.86. The standard InChI is InChI=1S/C20H30N2O3/c1-16-7-11-21(12-8-16)15-20(24)9-4-10-22(19(20)23)14-17-5-3-6-18(13-17)25-2/h3,5-6,13,16,24H,4,7-12,14-15H2,1-2H3/t20-/m0/s1. The average Bonchev–Trinajstić information content (AvgIpc) is 2.61. The summed E-state index contributed by atoms with van der Waals surface area (Å²) in [5.74, 6) is 1.41. The van der Waals surface area contributed by atoms with E-state index in [9.17, 15) is 9.90 Å². The van der Waals surface area contributed by atoms with E-state index < -0.39 is 5.60 Å². The summed E-state index contributed by atoms with van der Waals surface area (Å²) in [7, 11) is 1.64. The van der Waals surface area contributed by atoms with E-state index in [2.05, 4.69) is 11.8 Å². The molecule has 0 unspecified atom stereocenters. The minimum atomic E-state index is -1.24. The molecule has 2 aliphatic rings. The molecule has 0 saturated carbocycles. The predicted molar refractivity (Wildman–Crippen MR) is 97.4 cm³/mol. The van der Waals surface area contributed by atoms with Crippen LogP contribution < -0.4 is 4.74 Å². The fraction of sp³-hybridized carbons (Fsp3) is 0.650. The summed E-state index contributed by atoms with van der Waals surface area (Å²) in [6.45, 7) is 5.92. The number of nitrogens with zero attached hydrogens (tertiary/aromatic N) is 2. The van der Waals surface area contributed by atoms with Crippen LogP contribution in [0.1, 0.15) is 38.2 Å². The Balaban J connectivity index is 1.65. The Labute approximate surface area is 150 Å². The summed E-state index contributed by atoms with van der Waals surface area (Å²) >= 11 is 0. The van der Waals surface area contributed by atoms with Crippen molar-refractivity contribution in [3.05, 3.63) is 29.8 Å². The number of aliphatic hydroxyl groups is 1. The minimum absolute atomic E-state index is 0.125. The molecule has 5 nitrogen and oxygen atoms in total. The number of hydrogen-bond donors (Lipinski definition) is 1. The van der Waals surface area contributed by atoms with E-state index in [0.29, 0.717) is 26.1 Å². The van der Waals surface area contributed by atoms with Gasteiger partial charge < -0.3 is 14.7 Å². The Bertz CT molecular complexity index is 598. The molecule has 0 bridgehead atoms. The van der Waals surface area contributed by atoms with Crippen LogP contribution in [0.5, 0.6) is 5.75 Å². The fourth-order valence-corrected chi connectivity index (χ4v) is 3.94. The van der Waals surface area contributed by atoms with Gasteiger partial charge in [-0.2, -0.15) is 0 Å². The van der Waals surface area contributed by atoms with E-state index in [0.717, 1.165) is 49.6 Å². The topological polar surface area (TPSA) is 53.0 Å². The lowest BCUT2D eigenvalue weighted by molar-refractivity contribution is -0.160. The average molecular weight is 346 g/mol. The number of hydrogen-bond acceptors (Lipinski definition) is 4. The summed E-state index contributed by atoms with van der Waals surface area (Å²) in [5.41, 5.74) is -0.207. The Morgan fingerprint density at radius 1 is 1.28 bits per heavy atom. The van der Waals surface area contributed by atoms with E-state index in [1.54, 1.807) is 12.0 Å². The fourth-order valence-electron chi connectivity index (χ4n) is 3.94. The first-order valence-corrected chi connectivity index (χ1v) is 9.37. The largest absolute Gasteiger partial charge is 0.497 e. The molecule has 2 aliphatic heterocycles. The van der Waals surface area contributed by atoms with Crippen molar-refractivity contribution in [1.82, 2.24) is 9.80 Å². The molecule has 1 amide bonds. The molecule has 0 radical (unpaired) electrons. The Hall–Kier alpha value is -1.59. The maximum Gasteiger partial charge on any atom is 0.256 e. The number of carbonyl (C=O) groups excluding carboxylic acids is 1. The first-order chi connectivity index (χ1) is 12.0. The number of methoxy groups -OCH3 is 1. The number of carbonyl (C=O) groups is 1. The number of amides is 1. The van der Waals surface area contributed by atoms with Crippen LogP contribution in [-0.2, 0) is 11.3 Å². The summed E-state index contributed by atoms with van der Waals surface area (Å²) in [4.78, 5) is 17.0. The number of ether oxygens (including phenoxy) is 1. The highest BCUT2D eigenvalue weighted by Gasteiger charge is 2.43. The van der Waals surface area contributed by atoms with Crippen molar-refractivity contribution < 1.29 is 14.6 Å². The highest BCUT2D eigenvalue weighted by Crippen LogP contribution is 2.27. The third-order valence-corrected chi connectivity index (χ3v) is 5.57. The van der Waals surface area contributed by atoms with E-state index in [4.69, 9.17) is 4.74 Å². The maximum atomic E-state index is 13.0. The molecule has 25 heavy (non-hydrogen) atoms. The molecule has 138 valence electrons. The molecule has 1 aromatic carbocycles. The molecule has 0 spiro atoms. The Kier molecular flexibility index (Phi) is 5.64. The van der Waals surface area contributed by atoms with Crippen LogP contribution in [-0.4, -0.2) is 59.7 Å². The normalized spacial score (nSPS) is 26.0. The Morgan fingerprint density at radius 2 is 2.04 bits per heavy atom. The van der Waals surface area contributed by atoms with Crippen molar-refractivity contribution in [2.75, 3.05) is 33.3 Å². The summed E-state index contributed by atoms with van der Waals surface area (Å²) < 4.78 is 5.26. The van der Waals surface area contributed by atoms with Crippen molar-refractivity contribution in [3.63, 3.8) is 0 Å². The second-order valence-corrected chi connectivity index (χ2v) is 7.67. The molecule has 1 atom stereocenters. The van der Waals surface area contributed by atoms with Gasteiger partial charge in [0.25, 0.3) is 5.91 Å². The second-order valence-electron chi connectivity index (χ2n) is 7.67. The lowest BCUT2D eigenvalue weighted by Crippen LogP contribution is -2.59. The zero-order valence-electron chi connectivity index (χ0n) is 15.4. The quantitative estimate of drug-likeness (QED) is 0.889.